The first kappa shape index (κ1) is 38.6. The van der Waals surface area contributed by atoms with Crippen molar-refractivity contribution in [3.63, 3.8) is 0 Å². The summed E-state index contributed by atoms with van der Waals surface area (Å²) in [4.78, 5) is 52.0. The molecule has 4 fully saturated rings. The zero-order valence-corrected chi connectivity index (χ0v) is 29.7. The van der Waals surface area contributed by atoms with Gasteiger partial charge in [-0.2, -0.15) is 0 Å². The molecule has 4 aliphatic rings. The van der Waals surface area contributed by atoms with Gasteiger partial charge in [-0.1, -0.05) is 104 Å². The van der Waals surface area contributed by atoms with Crippen LogP contribution in [0.25, 0.3) is 0 Å². The van der Waals surface area contributed by atoms with Crippen molar-refractivity contribution in [3.8, 4) is 0 Å². The highest BCUT2D eigenvalue weighted by atomic mass is 16.6. The molecular formula is C38H62O10. The van der Waals surface area contributed by atoms with Crippen LogP contribution in [0.2, 0.25) is 0 Å². The number of hydrogen-bond acceptors (Lipinski definition) is 10. The van der Waals surface area contributed by atoms with Crippen molar-refractivity contribution in [1.29, 1.82) is 0 Å². The maximum atomic E-state index is 13.1. The van der Waals surface area contributed by atoms with E-state index < -0.39 is 35.6 Å². The van der Waals surface area contributed by atoms with Gasteiger partial charge in [-0.25, -0.2) is 0 Å². The highest BCUT2D eigenvalue weighted by Gasteiger charge is 2.55. The topological polar surface area (TPSA) is 130 Å². The van der Waals surface area contributed by atoms with E-state index in [-0.39, 0.29) is 49.6 Å². The Morgan fingerprint density at radius 1 is 0.396 bits per heavy atom. The molecule has 0 aromatic heterocycles. The Balaban J connectivity index is 1.11. The lowest BCUT2D eigenvalue weighted by Crippen LogP contribution is -2.39. The van der Waals surface area contributed by atoms with E-state index in [1.165, 1.54) is 64.2 Å². The van der Waals surface area contributed by atoms with E-state index in [1.54, 1.807) is 0 Å². The van der Waals surface area contributed by atoms with Crippen molar-refractivity contribution in [3.05, 3.63) is 0 Å². The summed E-state index contributed by atoms with van der Waals surface area (Å²) in [6.07, 6.45) is 20.2. The molecule has 2 saturated carbocycles. The van der Waals surface area contributed by atoms with Crippen molar-refractivity contribution >= 4 is 23.9 Å². The van der Waals surface area contributed by atoms with Gasteiger partial charge in [0.15, 0.2) is 0 Å². The molecule has 2 aliphatic carbocycles. The van der Waals surface area contributed by atoms with Gasteiger partial charge in [0.1, 0.15) is 13.2 Å². The molecule has 2 heterocycles. The van der Waals surface area contributed by atoms with Crippen molar-refractivity contribution in [2.24, 2.45) is 23.7 Å². The Hall–Kier alpha value is -2.20. The van der Waals surface area contributed by atoms with Gasteiger partial charge in [-0.15, -0.1) is 0 Å². The second-order valence-electron chi connectivity index (χ2n) is 14.4. The van der Waals surface area contributed by atoms with Gasteiger partial charge >= 0.3 is 23.9 Å². The third-order valence-electron chi connectivity index (χ3n) is 10.6. The van der Waals surface area contributed by atoms with Crippen LogP contribution in [-0.2, 0) is 47.6 Å². The maximum Gasteiger partial charge on any atom is 0.310 e. The Bertz CT molecular complexity index is 922. The minimum Gasteiger partial charge on any atom is -0.465 e. The van der Waals surface area contributed by atoms with Crippen molar-refractivity contribution in [2.45, 2.75) is 167 Å². The Labute approximate surface area is 288 Å². The van der Waals surface area contributed by atoms with Crippen LogP contribution in [0, 0.1) is 23.7 Å². The summed E-state index contributed by atoms with van der Waals surface area (Å²) < 4.78 is 33.4. The fourth-order valence-electron chi connectivity index (χ4n) is 7.42. The lowest BCUT2D eigenvalue weighted by atomic mass is 9.79. The summed E-state index contributed by atoms with van der Waals surface area (Å²) >= 11 is 0. The maximum absolute atomic E-state index is 13.1. The SMILES string of the molecule is CCCCCCCCCCOC(=O)C1CC2OC2CC1C(=O)OCCOC(=O)C1CC2OC2CC1C(=O)OCCCCCCCCCC. The summed E-state index contributed by atoms with van der Waals surface area (Å²) in [5, 5.41) is 0. The van der Waals surface area contributed by atoms with Crippen molar-refractivity contribution in [2.75, 3.05) is 26.4 Å². The van der Waals surface area contributed by atoms with E-state index in [0.29, 0.717) is 38.9 Å². The number of carbonyl (C=O) groups excluding carboxylic acids is 4. The number of esters is 4. The van der Waals surface area contributed by atoms with Crippen LogP contribution in [-0.4, -0.2) is 74.7 Å². The highest BCUT2D eigenvalue weighted by molar-refractivity contribution is 5.83. The lowest BCUT2D eigenvalue weighted by molar-refractivity contribution is -0.167. The second-order valence-corrected chi connectivity index (χ2v) is 14.4. The minimum absolute atomic E-state index is 0.00108. The molecule has 4 rings (SSSR count). The van der Waals surface area contributed by atoms with Gasteiger partial charge in [-0.05, 0) is 38.5 Å². The Morgan fingerprint density at radius 3 is 0.938 bits per heavy atom. The molecule has 0 radical (unpaired) electrons. The van der Waals surface area contributed by atoms with Crippen molar-refractivity contribution < 1.29 is 47.6 Å². The number of unbranched alkanes of at least 4 members (excludes halogenated alkanes) is 14. The molecule has 10 nitrogen and oxygen atoms in total. The third kappa shape index (κ3) is 12.9. The van der Waals surface area contributed by atoms with Crippen molar-refractivity contribution in [1.82, 2.24) is 0 Å². The van der Waals surface area contributed by atoms with Gasteiger partial charge in [0.2, 0.25) is 0 Å². The average Bonchev–Trinajstić information content (AvgIpc) is 4.02. The molecule has 2 saturated heterocycles. The van der Waals surface area contributed by atoms with E-state index in [4.69, 9.17) is 28.4 Å². The number of rotatable bonds is 25. The predicted octanol–water partition coefficient (Wildman–Crippen LogP) is 7.03. The second kappa shape index (κ2) is 21.1. The lowest BCUT2D eigenvalue weighted by Gasteiger charge is -2.27. The van der Waals surface area contributed by atoms with Gasteiger partial charge < -0.3 is 28.4 Å². The quantitative estimate of drug-likeness (QED) is 0.0429. The molecule has 0 bridgehead atoms. The molecule has 0 amide bonds. The first-order chi connectivity index (χ1) is 23.4. The molecule has 0 spiro atoms. The highest BCUT2D eigenvalue weighted by Crippen LogP contribution is 2.45. The largest absolute Gasteiger partial charge is 0.465 e. The fourth-order valence-corrected chi connectivity index (χ4v) is 7.42. The predicted molar refractivity (Wildman–Crippen MR) is 179 cm³/mol. The van der Waals surface area contributed by atoms with Crippen LogP contribution < -0.4 is 0 Å². The smallest absolute Gasteiger partial charge is 0.310 e. The van der Waals surface area contributed by atoms with Gasteiger partial charge in [0.25, 0.3) is 0 Å². The molecule has 2 aliphatic heterocycles. The number of fused-ring (bicyclic) bond motifs is 2. The molecule has 10 heteroatoms. The summed E-state index contributed by atoms with van der Waals surface area (Å²) in [6.45, 7) is 4.89. The minimum atomic E-state index is -0.641. The van der Waals surface area contributed by atoms with Gasteiger partial charge in [-0.3, -0.25) is 19.2 Å². The van der Waals surface area contributed by atoms with E-state index in [0.717, 1.165) is 38.5 Å². The van der Waals surface area contributed by atoms with Crippen LogP contribution in [0.15, 0.2) is 0 Å². The van der Waals surface area contributed by atoms with E-state index in [1.807, 2.05) is 0 Å². The van der Waals surface area contributed by atoms with Crippen LogP contribution in [0.3, 0.4) is 0 Å². The molecule has 8 unspecified atom stereocenters. The van der Waals surface area contributed by atoms with Crippen LogP contribution in [0.5, 0.6) is 0 Å². The molecular weight excluding hydrogens is 616 g/mol. The number of hydrogen-bond donors (Lipinski definition) is 0. The van der Waals surface area contributed by atoms with E-state index in [2.05, 4.69) is 13.8 Å². The zero-order chi connectivity index (χ0) is 34.1. The molecule has 274 valence electrons. The molecule has 0 aromatic rings. The number of epoxide rings is 2. The van der Waals surface area contributed by atoms with Crippen LogP contribution in [0.1, 0.15) is 142 Å². The molecule has 48 heavy (non-hydrogen) atoms. The zero-order valence-electron chi connectivity index (χ0n) is 29.7. The Kier molecular flexibility index (Phi) is 17.0. The fraction of sp³-hybridized carbons (Fsp3) is 0.895. The summed E-state index contributed by atoms with van der Waals surface area (Å²) in [5.41, 5.74) is 0. The standard InChI is InChI=1S/C38H62O10/c1-3-5-7-9-11-13-15-17-19-43-35(39)27-23-31-33(47-31)25-29(27)37(41)45-21-22-46-38(42)30-26-34-32(48-34)24-28(30)36(40)44-20-18-16-14-12-10-8-6-4-2/h27-34H,3-26H2,1-2H3. The van der Waals surface area contributed by atoms with Crippen LogP contribution in [0.4, 0.5) is 0 Å². The number of carbonyl (C=O) groups is 4. The molecule has 0 N–H and O–H groups in total. The van der Waals surface area contributed by atoms with Crippen LogP contribution >= 0.6 is 0 Å². The third-order valence-corrected chi connectivity index (χ3v) is 10.6. The summed E-state index contributed by atoms with van der Waals surface area (Å²) in [6, 6.07) is 0. The summed E-state index contributed by atoms with van der Waals surface area (Å²) in [5.74, 6) is -4.19. The van der Waals surface area contributed by atoms with E-state index in [9.17, 15) is 19.2 Å². The summed E-state index contributed by atoms with van der Waals surface area (Å²) in [7, 11) is 0. The number of ether oxygens (including phenoxy) is 6. The molecule has 8 atom stereocenters. The first-order valence-electron chi connectivity index (χ1n) is 19.4. The van der Waals surface area contributed by atoms with Gasteiger partial charge in [0, 0.05) is 0 Å². The normalized spacial score (nSPS) is 28.5. The Morgan fingerprint density at radius 2 is 0.646 bits per heavy atom. The molecule has 0 aromatic carbocycles. The van der Waals surface area contributed by atoms with Gasteiger partial charge in [0.05, 0.1) is 61.3 Å². The monoisotopic (exact) mass is 678 g/mol. The van der Waals surface area contributed by atoms with E-state index >= 15 is 0 Å². The average molecular weight is 679 g/mol. The first-order valence-corrected chi connectivity index (χ1v) is 19.4.